The van der Waals surface area contributed by atoms with Crippen LogP contribution in [0.25, 0.3) is 5.57 Å². The van der Waals surface area contributed by atoms with Crippen LogP contribution in [0.2, 0.25) is 5.02 Å². The van der Waals surface area contributed by atoms with Gasteiger partial charge in [-0.3, -0.25) is 9.59 Å². The number of nitrogens with zero attached hydrogens (tertiary/aromatic N) is 1. The Labute approximate surface area is 232 Å². The largest absolute Gasteiger partial charge is 0.479 e. The number of rotatable bonds is 7. The van der Waals surface area contributed by atoms with Crippen molar-refractivity contribution in [2.75, 3.05) is 13.1 Å². The van der Waals surface area contributed by atoms with E-state index in [2.05, 4.69) is 10.0 Å². The molecule has 206 valence electrons. The number of benzene rings is 2. The van der Waals surface area contributed by atoms with E-state index in [1.165, 1.54) is 24.0 Å². The van der Waals surface area contributed by atoms with Crippen LogP contribution in [-0.4, -0.2) is 60.4 Å². The monoisotopic (exact) mass is 571 g/mol. The highest BCUT2D eigenvalue weighted by Gasteiger charge is 2.53. The second-order valence-corrected chi connectivity index (χ2v) is 12.4. The summed E-state index contributed by atoms with van der Waals surface area (Å²) < 4.78 is 30.1. The minimum Gasteiger partial charge on any atom is -0.479 e. The molecule has 0 spiro atoms. The van der Waals surface area contributed by atoms with E-state index >= 15 is 0 Å². The van der Waals surface area contributed by atoms with E-state index in [0.717, 1.165) is 11.1 Å². The lowest BCUT2D eigenvalue weighted by Crippen LogP contribution is -2.75. The van der Waals surface area contributed by atoms with E-state index in [0.29, 0.717) is 16.1 Å². The van der Waals surface area contributed by atoms with Crippen molar-refractivity contribution in [1.29, 1.82) is 0 Å². The summed E-state index contributed by atoms with van der Waals surface area (Å²) in [4.78, 5) is 38.7. The lowest BCUT2D eigenvalue weighted by molar-refractivity contribution is -0.160. The van der Waals surface area contributed by atoms with Gasteiger partial charge < -0.3 is 15.3 Å². The highest BCUT2D eigenvalue weighted by atomic mass is 35.5. The number of halogens is 1. The number of carboxylic acid groups (broad SMARTS) is 1. The Morgan fingerprint density at radius 2 is 1.67 bits per heavy atom. The molecule has 0 saturated carbocycles. The third-order valence-corrected chi connectivity index (χ3v) is 9.36. The van der Waals surface area contributed by atoms with Crippen molar-refractivity contribution in [3.05, 3.63) is 81.9 Å². The minimum atomic E-state index is -4.16. The maximum atomic E-state index is 13.7. The maximum Gasteiger partial charge on any atom is 0.333 e. The molecule has 2 aliphatic rings. The fourth-order valence-corrected chi connectivity index (χ4v) is 6.86. The number of aliphatic carboxylic acids is 1. The van der Waals surface area contributed by atoms with Gasteiger partial charge in [0.25, 0.3) is 0 Å². The number of allylic oxidation sites excluding steroid dienone is 2. The summed E-state index contributed by atoms with van der Waals surface area (Å²) in [7, 11) is -4.16. The third-order valence-electron chi connectivity index (χ3n) is 7.21. The highest BCUT2D eigenvalue weighted by Crippen LogP contribution is 2.37. The van der Waals surface area contributed by atoms with Gasteiger partial charge in [0.2, 0.25) is 21.8 Å². The Hall–Kier alpha value is -3.47. The summed E-state index contributed by atoms with van der Waals surface area (Å²) in [6.07, 6.45) is 3.37. The zero-order valence-electron chi connectivity index (χ0n) is 22.0. The summed E-state index contributed by atoms with van der Waals surface area (Å²) in [5.41, 5.74) is -0.386. The molecule has 3 N–H and O–H groups in total. The minimum absolute atomic E-state index is 0.0271. The molecule has 1 atom stereocenters. The van der Waals surface area contributed by atoms with Crippen LogP contribution in [0.5, 0.6) is 0 Å². The Bertz CT molecular complexity index is 1530. The van der Waals surface area contributed by atoms with Gasteiger partial charge in [-0.15, -0.1) is 0 Å². The van der Waals surface area contributed by atoms with Gasteiger partial charge in [0.15, 0.2) is 5.54 Å². The SMILES string of the molecule is CC(=O)N1CC(NC(=O)C2=CC=C(c3ccccc3)CC2(C)NS(=O)(=O)c2cc(C)c(Cl)cc2C)(C(=O)O)C1. The summed E-state index contributed by atoms with van der Waals surface area (Å²) >= 11 is 6.19. The standard InChI is InChI=1S/C28H30ClN3O6S/c1-17-13-24(18(2)12-23(17)29)39(37,38)31-27(4)14-21(20-8-6-5-7-9-20)10-11-22(27)25(34)30-28(26(35)36)15-32(16-28)19(3)33/h5-13,31H,14-16H2,1-4H3,(H,30,34)(H,35,36). The van der Waals surface area contributed by atoms with Gasteiger partial charge >= 0.3 is 5.97 Å². The lowest BCUT2D eigenvalue weighted by atomic mass is 9.78. The van der Waals surface area contributed by atoms with Crippen molar-refractivity contribution in [3.63, 3.8) is 0 Å². The first-order valence-electron chi connectivity index (χ1n) is 12.3. The first kappa shape index (κ1) is 28.5. The van der Waals surface area contributed by atoms with E-state index < -0.39 is 33.0 Å². The number of hydrogen-bond acceptors (Lipinski definition) is 5. The number of nitrogens with one attached hydrogen (secondary N) is 2. The number of likely N-dealkylation sites (tertiary alicyclic amines) is 1. The Morgan fingerprint density at radius 1 is 1.03 bits per heavy atom. The Balaban J connectivity index is 1.73. The Morgan fingerprint density at radius 3 is 2.26 bits per heavy atom. The van der Waals surface area contributed by atoms with Gasteiger partial charge in [-0.05, 0) is 61.6 Å². The van der Waals surface area contributed by atoms with Crippen LogP contribution in [0.3, 0.4) is 0 Å². The molecule has 1 aliphatic heterocycles. The smallest absolute Gasteiger partial charge is 0.333 e. The van der Waals surface area contributed by atoms with Crippen molar-refractivity contribution in [2.45, 2.75) is 50.1 Å². The van der Waals surface area contributed by atoms with Crippen LogP contribution in [0, 0.1) is 13.8 Å². The molecular weight excluding hydrogens is 542 g/mol. The van der Waals surface area contributed by atoms with Crippen LogP contribution in [0.15, 0.2) is 65.1 Å². The Kier molecular flexibility index (Phi) is 7.50. The molecule has 4 rings (SSSR count). The van der Waals surface area contributed by atoms with E-state index in [1.54, 1.807) is 32.9 Å². The molecule has 11 heteroatoms. The van der Waals surface area contributed by atoms with Gasteiger partial charge in [-0.2, -0.15) is 0 Å². The molecule has 0 aromatic heterocycles. The molecule has 1 heterocycles. The molecule has 2 amide bonds. The number of hydrogen-bond donors (Lipinski definition) is 3. The van der Waals surface area contributed by atoms with Gasteiger partial charge in [0, 0.05) is 17.5 Å². The van der Waals surface area contributed by atoms with Gasteiger partial charge in [-0.1, -0.05) is 54.1 Å². The first-order valence-corrected chi connectivity index (χ1v) is 14.1. The van der Waals surface area contributed by atoms with Crippen LogP contribution in [0.1, 0.15) is 37.0 Å². The lowest BCUT2D eigenvalue weighted by Gasteiger charge is -2.47. The summed E-state index contributed by atoms with van der Waals surface area (Å²) in [6.45, 7) is 5.88. The molecule has 0 bridgehead atoms. The van der Waals surface area contributed by atoms with Crippen LogP contribution < -0.4 is 10.0 Å². The molecule has 39 heavy (non-hydrogen) atoms. The van der Waals surface area contributed by atoms with Crippen molar-refractivity contribution >= 4 is 45.0 Å². The van der Waals surface area contributed by atoms with E-state index in [4.69, 9.17) is 11.6 Å². The van der Waals surface area contributed by atoms with E-state index in [1.807, 2.05) is 30.3 Å². The van der Waals surface area contributed by atoms with Crippen molar-refractivity contribution in [2.24, 2.45) is 0 Å². The number of sulfonamides is 1. The first-order chi connectivity index (χ1) is 18.2. The average molecular weight is 572 g/mol. The number of aryl methyl sites for hydroxylation is 2. The molecular formula is C28H30ClN3O6S. The van der Waals surface area contributed by atoms with Crippen LogP contribution in [0.4, 0.5) is 0 Å². The molecule has 1 aliphatic carbocycles. The third kappa shape index (κ3) is 5.50. The van der Waals surface area contributed by atoms with E-state index in [9.17, 15) is 27.9 Å². The van der Waals surface area contributed by atoms with Gasteiger partial charge in [0.1, 0.15) is 0 Å². The quantitative estimate of drug-likeness (QED) is 0.467. The van der Waals surface area contributed by atoms with E-state index in [-0.39, 0.29) is 35.9 Å². The zero-order valence-corrected chi connectivity index (χ0v) is 23.6. The van der Waals surface area contributed by atoms with Crippen LogP contribution >= 0.6 is 11.6 Å². The fraction of sp³-hybridized carbons (Fsp3) is 0.321. The molecule has 2 aromatic rings. The fourth-order valence-electron chi connectivity index (χ4n) is 4.95. The molecule has 1 unspecified atom stereocenters. The van der Waals surface area contributed by atoms with Gasteiger partial charge in [0.05, 0.1) is 23.5 Å². The normalized spacial score (nSPS) is 20.4. The summed E-state index contributed by atoms with van der Waals surface area (Å²) in [6, 6.07) is 12.4. The topological polar surface area (TPSA) is 133 Å². The van der Waals surface area contributed by atoms with Crippen LogP contribution in [-0.2, 0) is 24.4 Å². The van der Waals surface area contributed by atoms with Crippen molar-refractivity contribution in [1.82, 2.24) is 14.9 Å². The number of amides is 2. The molecule has 1 fully saturated rings. The maximum absolute atomic E-state index is 13.7. The predicted octanol–water partition coefficient (Wildman–Crippen LogP) is 3.21. The van der Waals surface area contributed by atoms with Gasteiger partial charge in [-0.25, -0.2) is 17.9 Å². The highest BCUT2D eigenvalue weighted by molar-refractivity contribution is 7.89. The second-order valence-electron chi connectivity index (χ2n) is 10.3. The number of carboxylic acids is 1. The predicted molar refractivity (Wildman–Crippen MR) is 148 cm³/mol. The van der Waals surface area contributed by atoms with Crippen molar-refractivity contribution < 1.29 is 27.9 Å². The molecule has 1 saturated heterocycles. The summed E-state index contributed by atoms with van der Waals surface area (Å²) in [5.74, 6) is -2.32. The molecule has 0 radical (unpaired) electrons. The summed E-state index contributed by atoms with van der Waals surface area (Å²) in [5, 5.41) is 12.9. The number of carbonyl (C=O) groups is 3. The van der Waals surface area contributed by atoms with Crippen molar-refractivity contribution in [3.8, 4) is 0 Å². The average Bonchev–Trinajstić information content (AvgIpc) is 2.82. The second kappa shape index (κ2) is 10.3. The molecule has 9 nitrogen and oxygen atoms in total. The molecule has 2 aromatic carbocycles. The zero-order chi connectivity index (χ0) is 28.8. The number of carbonyl (C=O) groups excluding carboxylic acids is 2.